The lowest BCUT2D eigenvalue weighted by Crippen LogP contribution is -2.40. The lowest BCUT2D eigenvalue weighted by atomic mass is 10.1. The Morgan fingerprint density at radius 2 is 2.26 bits per heavy atom. The van der Waals surface area contributed by atoms with Gasteiger partial charge in [-0.3, -0.25) is 4.79 Å². The van der Waals surface area contributed by atoms with Gasteiger partial charge in [0.15, 0.2) is 0 Å². The minimum atomic E-state index is -0.334. The van der Waals surface area contributed by atoms with Crippen LogP contribution in [-0.2, 0) is 17.6 Å². The minimum absolute atomic E-state index is 0.103. The van der Waals surface area contributed by atoms with Gasteiger partial charge in [0.25, 0.3) is 5.91 Å². The first-order valence-electron chi connectivity index (χ1n) is 6.77. The number of rotatable bonds is 5. The fourth-order valence-corrected chi connectivity index (χ4v) is 3.53. The van der Waals surface area contributed by atoms with E-state index in [4.69, 9.17) is 9.84 Å². The van der Waals surface area contributed by atoms with Crippen molar-refractivity contribution in [3.63, 3.8) is 0 Å². The average Bonchev–Trinajstić information content (AvgIpc) is 2.69. The number of fused-ring (bicyclic) bond motifs is 1. The van der Waals surface area contributed by atoms with Crippen LogP contribution < -0.4 is 5.32 Å². The number of aliphatic hydroxyl groups excluding tert-OH is 1. The highest BCUT2D eigenvalue weighted by molar-refractivity contribution is 7.14. The molecule has 1 aromatic rings. The molecule has 0 bridgehead atoms. The Kier molecular flexibility index (Phi) is 5.36. The molecule has 1 aromatic heterocycles. The Labute approximate surface area is 117 Å². The van der Waals surface area contributed by atoms with Gasteiger partial charge >= 0.3 is 0 Å². The highest BCUT2D eigenvalue weighted by atomic mass is 32.1. The Bertz CT molecular complexity index is 407. The van der Waals surface area contributed by atoms with Crippen LogP contribution in [0.5, 0.6) is 0 Å². The second-order valence-corrected chi connectivity index (χ2v) is 6.06. The summed E-state index contributed by atoms with van der Waals surface area (Å²) in [5.41, 5.74) is 1.33. The lowest BCUT2D eigenvalue weighted by molar-refractivity contribution is 0.0843. The molecule has 0 saturated carbocycles. The SMILES string of the molecule is COCC(CO)NC(=O)c1cc2c(s1)CCCCC2. The van der Waals surface area contributed by atoms with E-state index >= 15 is 0 Å². The molecule has 4 nitrogen and oxygen atoms in total. The van der Waals surface area contributed by atoms with Crippen molar-refractivity contribution >= 4 is 17.2 Å². The summed E-state index contributed by atoms with van der Waals surface area (Å²) in [6.07, 6.45) is 5.89. The van der Waals surface area contributed by atoms with Gasteiger partial charge in [0.2, 0.25) is 0 Å². The largest absolute Gasteiger partial charge is 0.394 e. The summed E-state index contributed by atoms with van der Waals surface area (Å²) in [4.78, 5) is 14.2. The molecule has 0 fully saturated rings. The van der Waals surface area contributed by atoms with E-state index in [0.29, 0.717) is 6.61 Å². The molecule has 1 amide bonds. The lowest BCUT2D eigenvalue weighted by Gasteiger charge is -2.14. The molecule has 1 heterocycles. The van der Waals surface area contributed by atoms with Crippen molar-refractivity contribution in [1.82, 2.24) is 5.32 Å². The Balaban J connectivity index is 2.03. The van der Waals surface area contributed by atoms with E-state index in [0.717, 1.165) is 17.7 Å². The Hall–Kier alpha value is -0.910. The Morgan fingerprint density at radius 3 is 3.00 bits per heavy atom. The van der Waals surface area contributed by atoms with E-state index < -0.39 is 0 Å². The maximum atomic E-state index is 12.1. The quantitative estimate of drug-likeness (QED) is 0.810. The molecule has 0 aromatic carbocycles. The molecule has 0 aliphatic heterocycles. The summed E-state index contributed by atoms with van der Waals surface area (Å²) in [6, 6.07) is 1.68. The summed E-state index contributed by atoms with van der Waals surface area (Å²) >= 11 is 1.59. The molecule has 106 valence electrons. The molecule has 0 radical (unpaired) electrons. The van der Waals surface area contributed by atoms with Crippen molar-refractivity contribution in [1.29, 1.82) is 0 Å². The van der Waals surface area contributed by atoms with Gasteiger partial charge in [-0.05, 0) is 37.3 Å². The smallest absolute Gasteiger partial charge is 0.261 e. The molecule has 2 N–H and O–H groups in total. The summed E-state index contributed by atoms with van der Waals surface area (Å²) in [5.74, 6) is -0.103. The molecule has 2 rings (SSSR count). The summed E-state index contributed by atoms with van der Waals surface area (Å²) in [6.45, 7) is 0.220. The monoisotopic (exact) mass is 283 g/mol. The molecule has 1 aliphatic rings. The van der Waals surface area contributed by atoms with Crippen LogP contribution in [0, 0.1) is 0 Å². The number of hydrogen-bond donors (Lipinski definition) is 2. The number of methoxy groups -OCH3 is 1. The number of ether oxygens (including phenoxy) is 1. The number of thiophene rings is 1. The number of aliphatic hydroxyl groups is 1. The highest BCUT2D eigenvalue weighted by Gasteiger charge is 2.18. The van der Waals surface area contributed by atoms with Gasteiger partial charge in [-0.2, -0.15) is 0 Å². The molecule has 0 saturated heterocycles. The van der Waals surface area contributed by atoms with Crippen molar-refractivity contribution in [3.05, 3.63) is 21.4 Å². The number of aryl methyl sites for hydroxylation is 2. The number of carbonyl (C=O) groups is 1. The van der Waals surface area contributed by atoms with E-state index in [9.17, 15) is 4.79 Å². The molecule has 1 aliphatic carbocycles. The van der Waals surface area contributed by atoms with Crippen LogP contribution in [0.15, 0.2) is 6.07 Å². The maximum Gasteiger partial charge on any atom is 0.261 e. The fourth-order valence-electron chi connectivity index (χ4n) is 2.38. The van der Waals surface area contributed by atoms with Crippen LogP contribution >= 0.6 is 11.3 Å². The number of nitrogens with one attached hydrogen (secondary N) is 1. The topological polar surface area (TPSA) is 58.6 Å². The van der Waals surface area contributed by atoms with Gasteiger partial charge < -0.3 is 15.2 Å². The molecular weight excluding hydrogens is 262 g/mol. The van der Waals surface area contributed by atoms with Crippen LogP contribution in [0.1, 0.15) is 39.4 Å². The van der Waals surface area contributed by atoms with Gasteiger partial charge in [-0.1, -0.05) is 6.42 Å². The van der Waals surface area contributed by atoms with Crippen molar-refractivity contribution < 1.29 is 14.6 Å². The van der Waals surface area contributed by atoms with E-state index in [2.05, 4.69) is 5.32 Å². The second kappa shape index (κ2) is 7.03. The first-order valence-corrected chi connectivity index (χ1v) is 7.58. The summed E-state index contributed by atoms with van der Waals surface area (Å²) < 4.78 is 4.96. The fraction of sp³-hybridized carbons (Fsp3) is 0.643. The normalized spacial score (nSPS) is 16.5. The molecule has 19 heavy (non-hydrogen) atoms. The zero-order chi connectivity index (χ0) is 13.7. The predicted octanol–water partition coefficient (Wildman–Crippen LogP) is 1.75. The van der Waals surface area contributed by atoms with Crippen LogP contribution in [0.25, 0.3) is 0 Å². The standard InChI is InChI=1S/C14H21NO3S/c1-18-9-11(8-16)15-14(17)13-7-10-5-3-2-4-6-12(10)19-13/h7,11,16H,2-6,8-9H2,1H3,(H,15,17). The predicted molar refractivity (Wildman–Crippen MR) is 75.8 cm³/mol. The van der Waals surface area contributed by atoms with Crippen LogP contribution in [0.2, 0.25) is 0 Å². The van der Waals surface area contributed by atoms with E-state index in [1.165, 1.54) is 29.7 Å². The van der Waals surface area contributed by atoms with Gasteiger partial charge in [0.05, 0.1) is 24.1 Å². The number of amides is 1. The van der Waals surface area contributed by atoms with E-state index in [-0.39, 0.29) is 18.6 Å². The van der Waals surface area contributed by atoms with Crippen LogP contribution in [-0.4, -0.2) is 37.4 Å². The van der Waals surface area contributed by atoms with E-state index in [1.807, 2.05) is 6.07 Å². The zero-order valence-corrected chi connectivity index (χ0v) is 12.1. The van der Waals surface area contributed by atoms with Crippen LogP contribution in [0.3, 0.4) is 0 Å². The van der Waals surface area contributed by atoms with Crippen LogP contribution in [0.4, 0.5) is 0 Å². The number of hydrogen-bond acceptors (Lipinski definition) is 4. The minimum Gasteiger partial charge on any atom is -0.394 e. The third-order valence-corrected chi connectivity index (χ3v) is 4.63. The summed E-state index contributed by atoms with van der Waals surface area (Å²) in [5, 5.41) is 12.0. The highest BCUT2D eigenvalue weighted by Crippen LogP contribution is 2.28. The second-order valence-electron chi connectivity index (χ2n) is 4.93. The van der Waals surface area contributed by atoms with Crippen molar-refractivity contribution in [2.45, 2.75) is 38.1 Å². The van der Waals surface area contributed by atoms with Crippen molar-refractivity contribution in [3.8, 4) is 0 Å². The van der Waals surface area contributed by atoms with Crippen molar-refractivity contribution in [2.75, 3.05) is 20.3 Å². The van der Waals surface area contributed by atoms with Gasteiger partial charge in [0, 0.05) is 12.0 Å². The molecular formula is C14H21NO3S. The van der Waals surface area contributed by atoms with Crippen molar-refractivity contribution in [2.24, 2.45) is 0 Å². The maximum absolute atomic E-state index is 12.1. The average molecular weight is 283 g/mol. The Morgan fingerprint density at radius 1 is 1.47 bits per heavy atom. The zero-order valence-electron chi connectivity index (χ0n) is 11.3. The molecule has 5 heteroatoms. The van der Waals surface area contributed by atoms with Gasteiger partial charge in [0.1, 0.15) is 0 Å². The van der Waals surface area contributed by atoms with Gasteiger partial charge in [-0.25, -0.2) is 0 Å². The molecule has 1 unspecified atom stereocenters. The third-order valence-electron chi connectivity index (χ3n) is 3.39. The molecule has 0 spiro atoms. The first-order chi connectivity index (χ1) is 9.24. The van der Waals surface area contributed by atoms with E-state index in [1.54, 1.807) is 18.4 Å². The molecule has 1 atom stereocenters. The third kappa shape index (κ3) is 3.78. The van der Waals surface area contributed by atoms with Gasteiger partial charge in [-0.15, -0.1) is 11.3 Å². The number of carbonyl (C=O) groups excluding carboxylic acids is 1. The summed E-state index contributed by atoms with van der Waals surface area (Å²) in [7, 11) is 1.56. The first kappa shape index (κ1) is 14.5.